The van der Waals surface area contributed by atoms with Gasteiger partial charge in [-0.2, -0.15) is 0 Å². The molecule has 8 heteroatoms. The van der Waals surface area contributed by atoms with Gasteiger partial charge < -0.3 is 24.8 Å². The number of hydrogen-bond acceptors (Lipinski definition) is 5. The van der Waals surface area contributed by atoms with Crippen LogP contribution in [-0.4, -0.2) is 77.1 Å². The lowest BCUT2D eigenvalue weighted by atomic mass is 10.1. The molecule has 1 atom stereocenters. The number of rotatable bonds is 11. The highest BCUT2D eigenvalue weighted by molar-refractivity contribution is 14.0. The fourth-order valence-corrected chi connectivity index (χ4v) is 3.52. The Morgan fingerprint density at radius 3 is 2.81 bits per heavy atom. The van der Waals surface area contributed by atoms with Gasteiger partial charge in [0, 0.05) is 65.5 Å². The van der Waals surface area contributed by atoms with Crippen LogP contribution in [0.4, 0.5) is 0 Å². The number of halogens is 1. The minimum atomic E-state index is 0. The van der Waals surface area contributed by atoms with E-state index in [0.717, 1.165) is 56.5 Å². The molecule has 1 fully saturated rings. The lowest BCUT2D eigenvalue weighted by Crippen LogP contribution is -2.50. The number of hydrogen-bond donors (Lipinski definition) is 2. The van der Waals surface area contributed by atoms with Crippen molar-refractivity contribution in [2.45, 2.75) is 39.8 Å². The van der Waals surface area contributed by atoms with Gasteiger partial charge in [0.15, 0.2) is 5.96 Å². The molecule has 1 aromatic rings. The zero-order chi connectivity index (χ0) is 21.8. The normalized spacial score (nSPS) is 17.4. The van der Waals surface area contributed by atoms with Crippen LogP contribution in [0.5, 0.6) is 5.75 Å². The number of ether oxygens (including phenoxy) is 3. The Labute approximate surface area is 205 Å². The molecular formula is C23H41IN4O3. The first-order valence-electron chi connectivity index (χ1n) is 11.0. The maximum Gasteiger partial charge on any atom is 0.191 e. The minimum Gasteiger partial charge on any atom is -0.493 e. The van der Waals surface area contributed by atoms with E-state index in [1.165, 1.54) is 5.56 Å². The summed E-state index contributed by atoms with van der Waals surface area (Å²) in [5, 5.41) is 6.80. The maximum absolute atomic E-state index is 5.98. The predicted molar refractivity (Wildman–Crippen MR) is 138 cm³/mol. The molecule has 0 aliphatic carbocycles. The number of nitrogens with zero attached hydrogens (tertiary/aromatic N) is 2. The summed E-state index contributed by atoms with van der Waals surface area (Å²) in [5.41, 5.74) is 2.29. The molecule has 0 saturated carbocycles. The highest BCUT2D eigenvalue weighted by Crippen LogP contribution is 2.20. The summed E-state index contributed by atoms with van der Waals surface area (Å²) in [6, 6.07) is 6.29. The van der Waals surface area contributed by atoms with Gasteiger partial charge in [0.2, 0.25) is 0 Å². The zero-order valence-corrected chi connectivity index (χ0v) is 22.1. The van der Waals surface area contributed by atoms with Gasteiger partial charge >= 0.3 is 0 Å². The summed E-state index contributed by atoms with van der Waals surface area (Å²) in [6.07, 6.45) is 1.05. The van der Waals surface area contributed by atoms with Crippen molar-refractivity contribution < 1.29 is 14.2 Å². The van der Waals surface area contributed by atoms with Crippen LogP contribution in [0.2, 0.25) is 0 Å². The van der Waals surface area contributed by atoms with Crippen molar-refractivity contribution in [2.24, 2.45) is 10.9 Å². The standard InChI is InChI=1S/C23H40N4O3.HI/c1-18(2)16-27-9-12-29-21(17-27)15-26-23(24-4)25-14-20-8-7-19(3)13-22(20)30-11-6-10-28-5;/h7-8,13,18,21H,6,9-12,14-17H2,1-5H3,(H2,24,25,26);1H. The number of morpholine rings is 1. The SMILES string of the molecule is CN=C(NCc1ccc(C)cc1OCCCOC)NCC1CN(CC(C)C)CCO1.I. The van der Waals surface area contributed by atoms with Gasteiger partial charge in [0.05, 0.1) is 19.3 Å². The Bertz CT molecular complexity index is 658. The summed E-state index contributed by atoms with van der Waals surface area (Å²) >= 11 is 0. The molecule has 0 spiro atoms. The van der Waals surface area contributed by atoms with Crippen LogP contribution in [0.3, 0.4) is 0 Å². The lowest BCUT2D eigenvalue weighted by Gasteiger charge is -2.34. The average molecular weight is 549 g/mol. The molecule has 2 N–H and O–H groups in total. The summed E-state index contributed by atoms with van der Waals surface area (Å²) in [5.74, 6) is 2.35. The van der Waals surface area contributed by atoms with E-state index in [0.29, 0.717) is 25.7 Å². The third-order valence-electron chi connectivity index (χ3n) is 4.99. The van der Waals surface area contributed by atoms with Crippen molar-refractivity contribution in [3.63, 3.8) is 0 Å². The smallest absolute Gasteiger partial charge is 0.191 e. The molecule has 0 amide bonds. The first kappa shape index (κ1) is 27.9. The number of guanidine groups is 1. The van der Waals surface area contributed by atoms with E-state index in [1.807, 2.05) is 0 Å². The van der Waals surface area contributed by atoms with E-state index in [9.17, 15) is 0 Å². The molecular weight excluding hydrogens is 507 g/mol. The van der Waals surface area contributed by atoms with Gasteiger partial charge in [-0.25, -0.2) is 0 Å². The zero-order valence-electron chi connectivity index (χ0n) is 19.8. The van der Waals surface area contributed by atoms with E-state index in [1.54, 1.807) is 14.2 Å². The number of aliphatic imine (C=N–C) groups is 1. The van der Waals surface area contributed by atoms with E-state index in [2.05, 4.69) is 59.5 Å². The molecule has 1 saturated heterocycles. The van der Waals surface area contributed by atoms with Gasteiger partial charge in [-0.05, 0) is 24.5 Å². The molecule has 0 radical (unpaired) electrons. The second-order valence-corrected chi connectivity index (χ2v) is 8.26. The van der Waals surface area contributed by atoms with Crippen LogP contribution < -0.4 is 15.4 Å². The Hall–Kier alpha value is -1.10. The quantitative estimate of drug-likeness (QED) is 0.192. The van der Waals surface area contributed by atoms with Crippen molar-refractivity contribution in [3.05, 3.63) is 29.3 Å². The highest BCUT2D eigenvalue weighted by Gasteiger charge is 2.21. The molecule has 1 unspecified atom stereocenters. The minimum absolute atomic E-state index is 0. The molecule has 31 heavy (non-hydrogen) atoms. The fraction of sp³-hybridized carbons (Fsp3) is 0.696. The van der Waals surface area contributed by atoms with Gasteiger partial charge in [0.25, 0.3) is 0 Å². The topological polar surface area (TPSA) is 67.4 Å². The van der Waals surface area contributed by atoms with E-state index < -0.39 is 0 Å². The predicted octanol–water partition coefficient (Wildman–Crippen LogP) is 3.05. The summed E-state index contributed by atoms with van der Waals surface area (Å²) in [6.45, 7) is 13.2. The molecule has 1 aromatic carbocycles. The molecule has 7 nitrogen and oxygen atoms in total. The second-order valence-electron chi connectivity index (χ2n) is 8.26. The fourth-order valence-electron chi connectivity index (χ4n) is 3.52. The number of methoxy groups -OCH3 is 1. The summed E-state index contributed by atoms with van der Waals surface area (Å²) < 4.78 is 17.0. The van der Waals surface area contributed by atoms with E-state index in [-0.39, 0.29) is 30.1 Å². The molecule has 178 valence electrons. The maximum atomic E-state index is 5.98. The van der Waals surface area contributed by atoms with Crippen LogP contribution in [0, 0.1) is 12.8 Å². The van der Waals surface area contributed by atoms with Gasteiger partial charge in [0.1, 0.15) is 5.75 Å². The molecule has 1 aliphatic rings. The van der Waals surface area contributed by atoms with Crippen LogP contribution in [0.1, 0.15) is 31.4 Å². The average Bonchev–Trinajstić information content (AvgIpc) is 2.72. The third kappa shape index (κ3) is 10.9. The van der Waals surface area contributed by atoms with E-state index >= 15 is 0 Å². The van der Waals surface area contributed by atoms with Crippen LogP contribution in [-0.2, 0) is 16.0 Å². The third-order valence-corrected chi connectivity index (χ3v) is 4.99. The van der Waals surface area contributed by atoms with Crippen LogP contribution in [0.15, 0.2) is 23.2 Å². The number of benzene rings is 1. The highest BCUT2D eigenvalue weighted by atomic mass is 127. The first-order chi connectivity index (χ1) is 14.5. The molecule has 1 heterocycles. The van der Waals surface area contributed by atoms with Gasteiger partial charge in [-0.1, -0.05) is 26.0 Å². The van der Waals surface area contributed by atoms with Crippen molar-refractivity contribution >= 4 is 29.9 Å². The number of aryl methyl sites for hydroxylation is 1. The largest absolute Gasteiger partial charge is 0.493 e. The Kier molecular flexibility index (Phi) is 14.1. The monoisotopic (exact) mass is 548 g/mol. The Morgan fingerprint density at radius 1 is 1.29 bits per heavy atom. The summed E-state index contributed by atoms with van der Waals surface area (Å²) in [7, 11) is 3.50. The van der Waals surface area contributed by atoms with Crippen molar-refractivity contribution in [2.75, 3.05) is 60.2 Å². The van der Waals surface area contributed by atoms with Gasteiger partial charge in [-0.3, -0.25) is 9.89 Å². The van der Waals surface area contributed by atoms with Crippen molar-refractivity contribution in [1.82, 2.24) is 15.5 Å². The molecule has 1 aliphatic heterocycles. The summed E-state index contributed by atoms with van der Waals surface area (Å²) in [4.78, 5) is 6.84. The van der Waals surface area contributed by atoms with Crippen molar-refractivity contribution in [1.29, 1.82) is 0 Å². The van der Waals surface area contributed by atoms with Crippen LogP contribution >= 0.6 is 24.0 Å². The molecule has 0 aromatic heterocycles. The molecule has 0 bridgehead atoms. The van der Waals surface area contributed by atoms with Crippen molar-refractivity contribution in [3.8, 4) is 5.75 Å². The van der Waals surface area contributed by atoms with Crippen LogP contribution in [0.25, 0.3) is 0 Å². The number of nitrogens with one attached hydrogen (secondary N) is 2. The second kappa shape index (κ2) is 15.7. The Morgan fingerprint density at radius 2 is 2.10 bits per heavy atom. The lowest BCUT2D eigenvalue weighted by molar-refractivity contribution is -0.0284. The molecule has 2 rings (SSSR count). The van der Waals surface area contributed by atoms with Gasteiger partial charge in [-0.15, -0.1) is 24.0 Å². The first-order valence-corrected chi connectivity index (χ1v) is 11.0. The Balaban J connectivity index is 0.00000480. The van der Waals surface area contributed by atoms with E-state index in [4.69, 9.17) is 14.2 Å².